The van der Waals surface area contributed by atoms with Gasteiger partial charge in [0.05, 0.1) is 6.04 Å². The number of benzene rings is 2. The van der Waals surface area contributed by atoms with Gasteiger partial charge in [0.2, 0.25) is 0 Å². The molecule has 8 heteroatoms. The van der Waals surface area contributed by atoms with Crippen LogP contribution in [0.3, 0.4) is 0 Å². The Bertz CT molecular complexity index is 1570. The molecular formula is C29H32N8. The molecule has 0 saturated heterocycles. The standard InChI is InChI=1S/C29H32N8/c1-5-9-25(28-32-34-35-33-28)37-23-11-8-7-10-20(23)12-13-21-17-22(14-15-24(21)37)36-26(6-2)31-27-18(3)16-19(4)30-29(27)36/h7-8,10-11,14-17,25H,5-6,9,12-13H2,1-4H3,(H,32,33,34,35). The lowest BCUT2D eigenvalue weighted by atomic mass is 10.0. The van der Waals surface area contributed by atoms with Crippen molar-refractivity contribution in [2.24, 2.45) is 0 Å². The fourth-order valence-corrected chi connectivity index (χ4v) is 5.71. The molecule has 3 aromatic heterocycles. The summed E-state index contributed by atoms with van der Waals surface area (Å²) in [6.45, 7) is 8.52. The molecule has 0 amide bonds. The first kappa shape index (κ1) is 23.3. The number of imidazole rings is 1. The van der Waals surface area contributed by atoms with Crippen LogP contribution in [0.5, 0.6) is 0 Å². The highest BCUT2D eigenvalue weighted by Crippen LogP contribution is 2.43. The molecule has 1 aliphatic heterocycles. The van der Waals surface area contributed by atoms with Crippen LogP contribution in [0.1, 0.15) is 66.8 Å². The average molecular weight is 493 g/mol. The number of aryl methyl sites for hydroxylation is 5. The molecule has 0 bridgehead atoms. The van der Waals surface area contributed by atoms with E-state index in [-0.39, 0.29) is 6.04 Å². The van der Waals surface area contributed by atoms with Crippen molar-refractivity contribution in [3.8, 4) is 5.69 Å². The van der Waals surface area contributed by atoms with Gasteiger partial charge in [0.1, 0.15) is 11.3 Å². The normalized spacial score (nSPS) is 13.9. The van der Waals surface area contributed by atoms with Crippen molar-refractivity contribution in [3.05, 3.63) is 82.6 Å². The number of rotatable bonds is 6. The molecule has 1 unspecified atom stereocenters. The van der Waals surface area contributed by atoms with Crippen molar-refractivity contribution in [2.45, 2.75) is 65.8 Å². The van der Waals surface area contributed by atoms with Crippen molar-refractivity contribution < 1.29 is 0 Å². The van der Waals surface area contributed by atoms with Crippen LogP contribution in [0.2, 0.25) is 0 Å². The Hall–Kier alpha value is -4.07. The summed E-state index contributed by atoms with van der Waals surface area (Å²) in [7, 11) is 0. The van der Waals surface area contributed by atoms with Crippen LogP contribution in [0.25, 0.3) is 16.9 Å². The van der Waals surface area contributed by atoms with Gasteiger partial charge in [0.15, 0.2) is 11.5 Å². The van der Waals surface area contributed by atoms with E-state index in [9.17, 15) is 0 Å². The number of fused-ring (bicyclic) bond motifs is 3. The molecule has 188 valence electrons. The van der Waals surface area contributed by atoms with Crippen molar-refractivity contribution in [1.82, 2.24) is 35.2 Å². The number of nitrogens with one attached hydrogen (secondary N) is 1. The van der Waals surface area contributed by atoms with Gasteiger partial charge >= 0.3 is 0 Å². The third-order valence-corrected chi connectivity index (χ3v) is 7.35. The van der Waals surface area contributed by atoms with E-state index < -0.39 is 0 Å². The number of pyridine rings is 1. The molecule has 5 aromatic rings. The summed E-state index contributed by atoms with van der Waals surface area (Å²) in [5, 5.41) is 15.4. The van der Waals surface area contributed by atoms with Gasteiger partial charge in [0.25, 0.3) is 0 Å². The second kappa shape index (κ2) is 9.42. The second-order valence-corrected chi connectivity index (χ2v) is 9.86. The molecule has 1 aliphatic rings. The van der Waals surface area contributed by atoms with Crippen LogP contribution in [0.15, 0.2) is 48.5 Å². The first-order valence-electron chi connectivity index (χ1n) is 13.2. The van der Waals surface area contributed by atoms with Gasteiger partial charge in [-0.05, 0) is 80.1 Å². The Kier molecular flexibility index (Phi) is 5.94. The van der Waals surface area contributed by atoms with E-state index in [1.807, 2.05) is 6.92 Å². The van der Waals surface area contributed by atoms with E-state index >= 15 is 0 Å². The molecule has 0 radical (unpaired) electrons. The van der Waals surface area contributed by atoms with E-state index in [4.69, 9.17) is 9.97 Å². The fraction of sp³-hybridized carbons (Fsp3) is 0.345. The average Bonchev–Trinajstić information content (AvgIpc) is 3.53. The molecule has 4 heterocycles. The van der Waals surface area contributed by atoms with Gasteiger partial charge in [-0.2, -0.15) is 5.21 Å². The summed E-state index contributed by atoms with van der Waals surface area (Å²) in [6, 6.07) is 17.6. The third kappa shape index (κ3) is 3.97. The Balaban J connectivity index is 1.55. The maximum Gasteiger partial charge on any atom is 0.197 e. The van der Waals surface area contributed by atoms with Crippen LogP contribution in [0, 0.1) is 13.8 Å². The minimum atomic E-state index is -0.0140. The summed E-state index contributed by atoms with van der Waals surface area (Å²) in [4.78, 5) is 12.3. The summed E-state index contributed by atoms with van der Waals surface area (Å²) < 4.78 is 2.24. The van der Waals surface area contributed by atoms with Crippen LogP contribution in [0.4, 0.5) is 11.4 Å². The van der Waals surface area contributed by atoms with Crippen molar-refractivity contribution >= 4 is 22.5 Å². The lowest BCUT2D eigenvalue weighted by Gasteiger charge is -2.33. The fourth-order valence-electron chi connectivity index (χ4n) is 5.71. The Morgan fingerprint density at radius 1 is 0.946 bits per heavy atom. The minimum Gasteiger partial charge on any atom is -0.330 e. The van der Waals surface area contributed by atoms with Crippen molar-refractivity contribution in [3.63, 3.8) is 0 Å². The molecule has 0 fully saturated rings. The minimum absolute atomic E-state index is 0.0140. The maximum absolute atomic E-state index is 4.98. The zero-order valence-electron chi connectivity index (χ0n) is 21.9. The lowest BCUT2D eigenvalue weighted by Crippen LogP contribution is -2.26. The maximum atomic E-state index is 4.98. The van der Waals surface area contributed by atoms with Crippen LogP contribution in [-0.2, 0) is 19.3 Å². The summed E-state index contributed by atoms with van der Waals surface area (Å²) >= 11 is 0. The number of tetrazole rings is 1. The Labute approximate surface area is 216 Å². The number of aromatic nitrogens is 7. The smallest absolute Gasteiger partial charge is 0.197 e. The van der Waals surface area contributed by atoms with Crippen molar-refractivity contribution in [2.75, 3.05) is 4.90 Å². The number of hydrogen-bond acceptors (Lipinski definition) is 6. The van der Waals surface area contributed by atoms with Crippen molar-refractivity contribution in [1.29, 1.82) is 0 Å². The third-order valence-electron chi connectivity index (χ3n) is 7.35. The van der Waals surface area contributed by atoms with E-state index in [1.165, 1.54) is 22.5 Å². The van der Waals surface area contributed by atoms with E-state index in [0.29, 0.717) is 0 Å². The van der Waals surface area contributed by atoms with Gasteiger partial charge < -0.3 is 4.90 Å². The molecule has 1 atom stereocenters. The number of nitrogens with zero attached hydrogens (tertiary/aromatic N) is 7. The molecule has 1 N–H and O–H groups in total. The van der Waals surface area contributed by atoms with E-state index in [1.54, 1.807) is 0 Å². The predicted molar refractivity (Wildman–Crippen MR) is 146 cm³/mol. The number of H-pyrrole nitrogens is 1. The van der Waals surface area contributed by atoms with Gasteiger partial charge in [-0.25, -0.2) is 9.97 Å². The Morgan fingerprint density at radius 3 is 2.54 bits per heavy atom. The van der Waals surface area contributed by atoms with E-state index in [0.717, 1.165) is 71.9 Å². The highest BCUT2D eigenvalue weighted by Gasteiger charge is 2.30. The Morgan fingerprint density at radius 2 is 1.76 bits per heavy atom. The zero-order chi connectivity index (χ0) is 25.5. The molecular weight excluding hydrogens is 460 g/mol. The number of aromatic amines is 1. The molecule has 0 spiro atoms. The number of anilines is 2. The predicted octanol–water partition coefficient (Wildman–Crippen LogP) is 5.89. The molecule has 8 nitrogen and oxygen atoms in total. The molecule has 2 aromatic carbocycles. The largest absolute Gasteiger partial charge is 0.330 e. The summed E-state index contributed by atoms with van der Waals surface area (Å²) in [5.74, 6) is 1.75. The van der Waals surface area contributed by atoms with Gasteiger partial charge in [-0.15, -0.1) is 10.2 Å². The monoisotopic (exact) mass is 492 g/mol. The quantitative estimate of drug-likeness (QED) is 0.318. The second-order valence-electron chi connectivity index (χ2n) is 9.86. The first-order chi connectivity index (χ1) is 18.1. The highest BCUT2D eigenvalue weighted by atomic mass is 15.5. The topological polar surface area (TPSA) is 88.4 Å². The SMILES string of the molecule is CCCC(c1nn[nH]n1)N1c2ccccc2CCc2cc(-n3c(CC)nc4c(C)cc(C)nc43)ccc21. The first-order valence-corrected chi connectivity index (χ1v) is 13.2. The summed E-state index contributed by atoms with van der Waals surface area (Å²) in [5.41, 5.74) is 10.2. The lowest BCUT2D eigenvalue weighted by molar-refractivity contribution is 0.587. The molecule has 0 saturated carbocycles. The van der Waals surface area contributed by atoms with E-state index in [2.05, 4.69) is 99.4 Å². The summed E-state index contributed by atoms with van der Waals surface area (Å²) in [6.07, 6.45) is 4.68. The zero-order valence-corrected chi connectivity index (χ0v) is 21.9. The number of hydrogen-bond donors (Lipinski definition) is 1. The van der Waals surface area contributed by atoms with Crippen LogP contribution < -0.4 is 4.90 Å². The molecule has 0 aliphatic carbocycles. The van der Waals surface area contributed by atoms with Crippen LogP contribution >= 0.6 is 0 Å². The molecule has 37 heavy (non-hydrogen) atoms. The molecule has 6 rings (SSSR count). The van der Waals surface area contributed by atoms with Crippen LogP contribution in [-0.4, -0.2) is 35.2 Å². The van der Waals surface area contributed by atoms with Gasteiger partial charge in [-0.1, -0.05) is 43.7 Å². The van der Waals surface area contributed by atoms with Gasteiger partial charge in [0, 0.05) is 29.2 Å². The highest BCUT2D eigenvalue weighted by molar-refractivity contribution is 5.79. The number of para-hydroxylation sites is 1. The van der Waals surface area contributed by atoms with Gasteiger partial charge in [-0.3, -0.25) is 4.57 Å².